The maximum atomic E-state index is 11.7. The van der Waals surface area contributed by atoms with Crippen LogP contribution in [0, 0.1) is 3.57 Å². The molecule has 0 saturated heterocycles. The molecule has 0 aliphatic heterocycles. The zero-order valence-corrected chi connectivity index (χ0v) is 12.0. The second-order valence-corrected chi connectivity index (χ2v) is 4.93. The molecule has 0 aliphatic rings. The second-order valence-electron chi connectivity index (χ2n) is 3.77. The van der Waals surface area contributed by atoms with Crippen molar-refractivity contribution in [3.63, 3.8) is 0 Å². The number of phenolic OH excluding ortho intramolecular Hbond substituents is 1. The fourth-order valence-corrected chi connectivity index (χ4v) is 1.98. The number of carbonyl (C=O) groups is 1. The molecule has 0 saturated carbocycles. The van der Waals surface area contributed by atoms with Gasteiger partial charge in [0.15, 0.2) is 0 Å². The number of carbonyl (C=O) groups excluding carboxylic acids is 1. The van der Waals surface area contributed by atoms with Gasteiger partial charge in [-0.25, -0.2) is 5.43 Å². The van der Waals surface area contributed by atoms with Crippen molar-refractivity contribution >= 4 is 34.7 Å². The summed E-state index contributed by atoms with van der Waals surface area (Å²) < 4.78 is 1.05. The minimum Gasteiger partial charge on any atom is -0.508 e. The Kier molecular flexibility index (Phi) is 4.51. The monoisotopic (exact) mass is 366 g/mol. The highest BCUT2D eigenvalue weighted by atomic mass is 127. The molecule has 2 aromatic rings. The van der Waals surface area contributed by atoms with Gasteiger partial charge in [-0.1, -0.05) is 24.3 Å². The lowest BCUT2D eigenvalue weighted by atomic mass is 10.2. The molecule has 96 valence electrons. The molecule has 0 aromatic heterocycles. The van der Waals surface area contributed by atoms with E-state index < -0.39 is 0 Å². The Balaban J connectivity index is 2.03. The van der Waals surface area contributed by atoms with Crippen LogP contribution in [0.3, 0.4) is 0 Å². The smallest absolute Gasteiger partial charge is 0.271 e. The van der Waals surface area contributed by atoms with Crippen molar-refractivity contribution in [2.75, 3.05) is 0 Å². The molecule has 2 N–H and O–H groups in total. The van der Waals surface area contributed by atoms with E-state index in [2.05, 4.69) is 33.1 Å². The van der Waals surface area contributed by atoms with E-state index in [4.69, 9.17) is 0 Å². The average Bonchev–Trinajstić information content (AvgIpc) is 2.41. The number of hydrogen-bond acceptors (Lipinski definition) is 3. The molecule has 0 spiro atoms. The maximum absolute atomic E-state index is 11.7. The Hall–Kier alpha value is -1.89. The van der Waals surface area contributed by atoms with E-state index in [9.17, 15) is 9.90 Å². The van der Waals surface area contributed by atoms with Crippen molar-refractivity contribution in [1.82, 2.24) is 5.43 Å². The molecule has 0 bridgehead atoms. The molecule has 0 fully saturated rings. The summed E-state index contributed by atoms with van der Waals surface area (Å²) in [5.74, 6) is -0.313. The molecule has 0 heterocycles. The Morgan fingerprint density at radius 2 is 2.00 bits per heavy atom. The first-order valence-corrected chi connectivity index (χ1v) is 6.61. The fourth-order valence-electron chi connectivity index (χ4n) is 1.45. The summed E-state index contributed by atoms with van der Waals surface area (Å²) in [5, 5.41) is 13.2. The number of hydrogen-bond donors (Lipinski definition) is 2. The summed E-state index contributed by atoms with van der Waals surface area (Å²) in [6.07, 6.45) is 1.59. The molecule has 5 heteroatoms. The van der Waals surface area contributed by atoms with Crippen molar-refractivity contribution in [3.8, 4) is 5.75 Å². The van der Waals surface area contributed by atoms with Crippen molar-refractivity contribution in [3.05, 3.63) is 63.2 Å². The van der Waals surface area contributed by atoms with E-state index in [1.54, 1.807) is 18.3 Å². The van der Waals surface area contributed by atoms with Crippen molar-refractivity contribution in [2.45, 2.75) is 0 Å². The van der Waals surface area contributed by atoms with E-state index >= 15 is 0 Å². The summed E-state index contributed by atoms with van der Waals surface area (Å²) in [6.45, 7) is 0. The molecular weight excluding hydrogens is 355 g/mol. The number of rotatable bonds is 3. The molecular formula is C14H11IN2O2. The van der Waals surface area contributed by atoms with Crippen molar-refractivity contribution in [2.24, 2.45) is 5.10 Å². The van der Waals surface area contributed by atoms with Gasteiger partial charge < -0.3 is 5.11 Å². The van der Waals surface area contributed by atoms with Crippen LogP contribution >= 0.6 is 22.6 Å². The zero-order valence-electron chi connectivity index (χ0n) is 9.88. The number of phenols is 1. The van der Waals surface area contributed by atoms with Crippen LogP contribution in [0.2, 0.25) is 0 Å². The Labute approximate surface area is 124 Å². The lowest BCUT2D eigenvalue weighted by molar-refractivity contribution is 0.0954. The Bertz CT molecular complexity index is 626. The fraction of sp³-hybridized carbons (Fsp3) is 0. The van der Waals surface area contributed by atoms with E-state index in [1.165, 1.54) is 12.1 Å². The molecule has 2 rings (SSSR count). The highest BCUT2D eigenvalue weighted by molar-refractivity contribution is 14.1. The lowest BCUT2D eigenvalue weighted by Gasteiger charge is -2.00. The number of benzene rings is 2. The van der Waals surface area contributed by atoms with Crippen LogP contribution in [0.15, 0.2) is 53.6 Å². The topological polar surface area (TPSA) is 61.7 Å². The minimum absolute atomic E-state index is 0.0502. The van der Waals surface area contributed by atoms with Crippen LogP contribution in [0.4, 0.5) is 0 Å². The third-order valence-electron chi connectivity index (χ3n) is 2.38. The molecule has 0 atom stereocenters. The van der Waals surface area contributed by atoms with Gasteiger partial charge in [0.25, 0.3) is 5.91 Å². The summed E-state index contributed by atoms with van der Waals surface area (Å²) in [5.41, 5.74) is 3.71. The van der Waals surface area contributed by atoms with E-state index in [0.29, 0.717) is 5.56 Å². The van der Waals surface area contributed by atoms with Crippen LogP contribution in [-0.4, -0.2) is 17.2 Å². The predicted octanol–water partition coefficient (Wildman–Crippen LogP) is 2.76. The first kappa shape index (κ1) is 13.5. The first-order valence-electron chi connectivity index (χ1n) is 5.54. The lowest BCUT2D eigenvalue weighted by Crippen LogP contribution is -2.17. The Morgan fingerprint density at radius 3 is 2.74 bits per heavy atom. The standard InChI is InChI=1S/C14H11IN2O2/c15-13-7-2-1-4-11(13)9-16-17-14(19)10-5-3-6-12(18)8-10/h1-9,18H,(H,17,19)/b16-9+. The van der Waals surface area contributed by atoms with Gasteiger partial charge in [0.2, 0.25) is 0 Å². The minimum atomic E-state index is -0.363. The molecule has 0 aliphatic carbocycles. The maximum Gasteiger partial charge on any atom is 0.271 e. The van der Waals surface area contributed by atoms with E-state index in [-0.39, 0.29) is 11.7 Å². The van der Waals surface area contributed by atoms with Crippen molar-refractivity contribution < 1.29 is 9.90 Å². The van der Waals surface area contributed by atoms with Crippen LogP contribution in [0.1, 0.15) is 15.9 Å². The van der Waals surface area contributed by atoms with Crippen LogP contribution in [-0.2, 0) is 0 Å². The van der Waals surface area contributed by atoms with Gasteiger partial charge in [-0.2, -0.15) is 5.10 Å². The van der Waals surface area contributed by atoms with Gasteiger partial charge in [0.1, 0.15) is 5.75 Å². The number of nitrogens with zero attached hydrogens (tertiary/aromatic N) is 1. The van der Waals surface area contributed by atoms with Gasteiger partial charge in [-0.15, -0.1) is 0 Å². The third-order valence-corrected chi connectivity index (χ3v) is 3.37. The molecule has 0 radical (unpaired) electrons. The van der Waals surface area contributed by atoms with Gasteiger partial charge in [0, 0.05) is 14.7 Å². The number of halogens is 1. The summed E-state index contributed by atoms with van der Waals surface area (Å²) in [4.78, 5) is 11.7. The number of amides is 1. The van der Waals surface area contributed by atoms with Crippen LogP contribution < -0.4 is 5.43 Å². The largest absolute Gasteiger partial charge is 0.508 e. The number of aromatic hydroxyl groups is 1. The van der Waals surface area contributed by atoms with Crippen LogP contribution in [0.5, 0.6) is 5.75 Å². The van der Waals surface area contributed by atoms with E-state index in [0.717, 1.165) is 9.13 Å². The SMILES string of the molecule is O=C(N/N=C/c1ccccc1I)c1cccc(O)c1. The normalized spacial score (nSPS) is 10.6. The first-order chi connectivity index (χ1) is 9.16. The molecule has 19 heavy (non-hydrogen) atoms. The highest BCUT2D eigenvalue weighted by Crippen LogP contribution is 2.11. The van der Waals surface area contributed by atoms with Gasteiger partial charge in [-0.3, -0.25) is 4.79 Å². The van der Waals surface area contributed by atoms with Crippen LogP contribution in [0.25, 0.3) is 0 Å². The quantitative estimate of drug-likeness (QED) is 0.499. The summed E-state index contributed by atoms with van der Waals surface area (Å²) >= 11 is 2.20. The predicted molar refractivity (Wildman–Crippen MR) is 82.3 cm³/mol. The Morgan fingerprint density at radius 1 is 1.21 bits per heavy atom. The number of nitrogens with one attached hydrogen (secondary N) is 1. The van der Waals surface area contributed by atoms with Gasteiger partial charge in [0.05, 0.1) is 6.21 Å². The zero-order chi connectivity index (χ0) is 13.7. The summed E-state index contributed by atoms with van der Waals surface area (Å²) in [7, 11) is 0. The van der Waals surface area contributed by atoms with Gasteiger partial charge >= 0.3 is 0 Å². The molecule has 4 nitrogen and oxygen atoms in total. The van der Waals surface area contributed by atoms with Gasteiger partial charge in [-0.05, 0) is 46.9 Å². The molecule has 1 amide bonds. The van der Waals surface area contributed by atoms with Crippen molar-refractivity contribution in [1.29, 1.82) is 0 Å². The average molecular weight is 366 g/mol. The molecule has 2 aromatic carbocycles. The molecule has 0 unspecified atom stereocenters. The number of hydrazone groups is 1. The highest BCUT2D eigenvalue weighted by Gasteiger charge is 2.04. The summed E-state index contributed by atoms with van der Waals surface area (Å²) in [6, 6.07) is 13.8. The van der Waals surface area contributed by atoms with E-state index in [1.807, 2.05) is 24.3 Å². The third kappa shape index (κ3) is 3.78. The second kappa shape index (κ2) is 6.33.